The number of amides is 1. The normalized spacial score (nSPS) is 11.5. The number of aryl methyl sites for hydroxylation is 1. The quantitative estimate of drug-likeness (QED) is 0.437. The molecule has 0 aliphatic rings. The third-order valence-corrected chi connectivity index (χ3v) is 5.95. The fourth-order valence-corrected chi connectivity index (χ4v) is 3.74. The predicted molar refractivity (Wildman–Crippen MR) is 134 cm³/mol. The Bertz CT molecular complexity index is 1100. The predicted octanol–water partition coefficient (Wildman–Crippen LogP) is 5.38. The molecule has 2 aromatic carbocycles. The topological polar surface area (TPSA) is 63.9 Å². The summed E-state index contributed by atoms with van der Waals surface area (Å²) in [6.07, 6.45) is 0.674. The van der Waals surface area contributed by atoms with Crippen molar-refractivity contribution in [2.24, 2.45) is 0 Å². The van der Waals surface area contributed by atoms with Crippen LogP contribution in [-0.2, 0) is 19.5 Å². The van der Waals surface area contributed by atoms with Gasteiger partial charge in [0, 0.05) is 18.6 Å². The zero-order valence-corrected chi connectivity index (χ0v) is 21.1. The number of benzene rings is 2. The van der Waals surface area contributed by atoms with Gasteiger partial charge >= 0.3 is 0 Å². The third-order valence-electron chi connectivity index (χ3n) is 5.95. The highest BCUT2D eigenvalue weighted by atomic mass is 16.5. The molecule has 1 N–H and O–H groups in total. The van der Waals surface area contributed by atoms with Gasteiger partial charge in [0.1, 0.15) is 5.76 Å². The van der Waals surface area contributed by atoms with Gasteiger partial charge in [-0.25, -0.2) is 0 Å². The van der Waals surface area contributed by atoms with Crippen LogP contribution in [0.3, 0.4) is 0 Å². The van der Waals surface area contributed by atoms with E-state index < -0.39 is 0 Å². The van der Waals surface area contributed by atoms with E-state index in [-0.39, 0.29) is 11.4 Å². The molecule has 0 fully saturated rings. The molecule has 34 heavy (non-hydrogen) atoms. The lowest BCUT2D eigenvalue weighted by Gasteiger charge is -2.35. The van der Waals surface area contributed by atoms with E-state index in [0.29, 0.717) is 36.8 Å². The lowest BCUT2D eigenvalue weighted by atomic mass is 10.0. The highest BCUT2D eigenvalue weighted by molar-refractivity contribution is 5.91. The molecule has 6 nitrogen and oxygen atoms in total. The lowest BCUT2D eigenvalue weighted by Crippen LogP contribution is -2.40. The first-order valence-electron chi connectivity index (χ1n) is 11.6. The van der Waals surface area contributed by atoms with Crippen molar-refractivity contribution in [3.63, 3.8) is 0 Å². The summed E-state index contributed by atoms with van der Waals surface area (Å²) in [5.74, 6) is 2.25. The molecule has 0 saturated heterocycles. The molecule has 182 valence electrons. The second-order valence-corrected chi connectivity index (χ2v) is 9.41. The number of nitrogens with zero attached hydrogens (tertiary/aromatic N) is 1. The van der Waals surface area contributed by atoms with Gasteiger partial charge in [0.25, 0.3) is 5.91 Å². The fourth-order valence-electron chi connectivity index (χ4n) is 3.74. The second kappa shape index (κ2) is 11.3. The molecule has 6 heteroatoms. The van der Waals surface area contributed by atoms with Crippen LogP contribution in [0.1, 0.15) is 53.8 Å². The Morgan fingerprint density at radius 3 is 2.38 bits per heavy atom. The summed E-state index contributed by atoms with van der Waals surface area (Å²) in [6.45, 7) is 10.6. The third kappa shape index (κ3) is 6.64. The first kappa shape index (κ1) is 25.4. The maximum Gasteiger partial charge on any atom is 0.287 e. The van der Waals surface area contributed by atoms with Crippen LogP contribution < -0.4 is 14.8 Å². The van der Waals surface area contributed by atoms with E-state index in [4.69, 9.17) is 13.9 Å². The van der Waals surface area contributed by atoms with Gasteiger partial charge in [0.15, 0.2) is 17.3 Å². The summed E-state index contributed by atoms with van der Waals surface area (Å²) in [7, 11) is 3.22. The second-order valence-electron chi connectivity index (χ2n) is 9.41. The van der Waals surface area contributed by atoms with Crippen LogP contribution in [-0.4, -0.2) is 37.1 Å². The van der Waals surface area contributed by atoms with Crippen LogP contribution in [0.2, 0.25) is 0 Å². The number of methoxy groups -OCH3 is 2. The first-order valence-corrected chi connectivity index (χ1v) is 11.6. The monoisotopic (exact) mass is 464 g/mol. The molecule has 0 aliphatic heterocycles. The smallest absolute Gasteiger partial charge is 0.287 e. The Morgan fingerprint density at radius 1 is 0.971 bits per heavy atom. The van der Waals surface area contributed by atoms with Gasteiger partial charge in [-0.3, -0.25) is 9.69 Å². The van der Waals surface area contributed by atoms with Gasteiger partial charge in [-0.1, -0.05) is 30.3 Å². The van der Waals surface area contributed by atoms with Gasteiger partial charge in [-0.15, -0.1) is 0 Å². The number of rotatable bonds is 10. The van der Waals surface area contributed by atoms with Crippen LogP contribution in [0.5, 0.6) is 11.5 Å². The Hall–Kier alpha value is -3.25. The largest absolute Gasteiger partial charge is 0.493 e. The zero-order valence-electron chi connectivity index (χ0n) is 21.1. The van der Waals surface area contributed by atoms with Crippen molar-refractivity contribution in [3.05, 3.63) is 82.8 Å². The van der Waals surface area contributed by atoms with Gasteiger partial charge in [0.2, 0.25) is 0 Å². The van der Waals surface area contributed by atoms with Crippen LogP contribution in [0.4, 0.5) is 0 Å². The molecule has 0 radical (unpaired) electrons. The van der Waals surface area contributed by atoms with Gasteiger partial charge in [-0.05, 0) is 75.1 Å². The van der Waals surface area contributed by atoms with E-state index in [1.54, 1.807) is 20.3 Å². The van der Waals surface area contributed by atoms with E-state index >= 15 is 0 Å². The Morgan fingerprint density at radius 2 is 1.71 bits per heavy atom. The molecule has 3 rings (SSSR count). The van der Waals surface area contributed by atoms with Crippen LogP contribution in [0, 0.1) is 6.92 Å². The summed E-state index contributed by atoms with van der Waals surface area (Å²) in [5.41, 5.74) is 3.55. The van der Waals surface area contributed by atoms with Crippen molar-refractivity contribution in [2.45, 2.75) is 52.7 Å². The minimum absolute atomic E-state index is 0.0586. The van der Waals surface area contributed by atoms with Gasteiger partial charge < -0.3 is 19.2 Å². The van der Waals surface area contributed by atoms with Crippen LogP contribution in [0.25, 0.3) is 0 Å². The Labute approximate surface area is 202 Å². The molecule has 3 aromatic rings. The molecule has 0 saturated carbocycles. The standard InChI is InChI=1S/C28H36N2O4/c1-20-9-7-8-10-22(20)18-30(28(2,3)4)19-23-12-14-25(34-23)27(31)29-16-15-21-11-13-24(32-5)26(17-21)33-6/h7-14,17H,15-16,18-19H2,1-6H3,(H,29,31). The highest BCUT2D eigenvalue weighted by Crippen LogP contribution is 2.27. The van der Waals surface area contributed by atoms with Crippen molar-refractivity contribution < 1.29 is 18.7 Å². The minimum Gasteiger partial charge on any atom is -0.493 e. The fraction of sp³-hybridized carbons (Fsp3) is 0.393. The van der Waals surface area contributed by atoms with Crippen molar-refractivity contribution >= 4 is 5.91 Å². The Kier molecular flexibility index (Phi) is 8.40. The first-order chi connectivity index (χ1) is 16.2. The maximum atomic E-state index is 12.6. The summed E-state index contributed by atoms with van der Waals surface area (Å²) < 4.78 is 16.5. The zero-order chi connectivity index (χ0) is 24.7. The molecule has 0 unspecified atom stereocenters. The number of hydrogen-bond acceptors (Lipinski definition) is 5. The molecule has 1 aromatic heterocycles. The molecule has 1 heterocycles. The average molecular weight is 465 g/mol. The maximum absolute atomic E-state index is 12.6. The van der Waals surface area contributed by atoms with Crippen molar-refractivity contribution in [1.29, 1.82) is 0 Å². The van der Waals surface area contributed by atoms with Crippen LogP contribution >= 0.6 is 0 Å². The molecule has 0 spiro atoms. The number of carbonyl (C=O) groups is 1. The highest BCUT2D eigenvalue weighted by Gasteiger charge is 2.24. The van der Waals surface area contributed by atoms with E-state index in [0.717, 1.165) is 17.9 Å². The molecule has 0 atom stereocenters. The van der Waals surface area contributed by atoms with Crippen molar-refractivity contribution in [3.8, 4) is 11.5 Å². The van der Waals surface area contributed by atoms with E-state index in [2.05, 4.69) is 62.2 Å². The van der Waals surface area contributed by atoms with E-state index in [1.165, 1.54) is 11.1 Å². The molecular weight excluding hydrogens is 428 g/mol. The number of furan rings is 1. The summed E-state index contributed by atoms with van der Waals surface area (Å²) in [5, 5.41) is 2.94. The molecule has 0 aliphatic carbocycles. The number of hydrogen-bond donors (Lipinski definition) is 1. The van der Waals surface area contributed by atoms with Crippen molar-refractivity contribution in [1.82, 2.24) is 10.2 Å². The summed E-state index contributed by atoms with van der Waals surface area (Å²) in [6, 6.07) is 17.8. The molecule has 0 bridgehead atoms. The van der Waals surface area contributed by atoms with E-state index in [9.17, 15) is 4.79 Å². The molecule has 1 amide bonds. The average Bonchev–Trinajstić information content (AvgIpc) is 3.28. The lowest BCUT2D eigenvalue weighted by molar-refractivity contribution is 0.0906. The van der Waals surface area contributed by atoms with Crippen molar-refractivity contribution in [2.75, 3.05) is 20.8 Å². The van der Waals surface area contributed by atoms with E-state index in [1.807, 2.05) is 24.3 Å². The molecular formula is C28H36N2O4. The SMILES string of the molecule is COc1ccc(CCNC(=O)c2ccc(CN(Cc3ccccc3C)C(C)(C)C)o2)cc1OC. The summed E-state index contributed by atoms with van der Waals surface area (Å²) >= 11 is 0. The minimum atomic E-state index is -0.215. The number of carbonyl (C=O) groups excluding carboxylic acids is 1. The van der Waals surface area contributed by atoms with Gasteiger partial charge in [-0.2, -0.15) is 0 Å². The van der Waals surface area contributed by atoms with Gasteiger partial charge in [0.05, 0.1) is 20.8 Å². The van der Waals surface area contributed by atoms with Crippen LogP contribution in [0.15, 0.2) is 59.0 Å². The number of ether oxygens (including phenoxy) is 2. The number of nitrogens with one attached hydrogen (secondary N) is 1. The summed E-state index contributed by atoms with van der Waals surface area (Å²) in [4.78, 5) is 15.0. The Balaban J connectivity index is 1.59.